The number of carbonyl (C=O) groups is 2. The standard InChI is InChI=1S/C22H26FN3O2/c1-13(2)10-20(27)25-18-6-4-15(11-14(18)3)22(28)26-19-7-5-16-12-24-9-8-17(16)21(19)23/h4-7,11,13,24H,8-10,12H2,1-3H3,(H,25,27)(H,26,28). The molecule has 1 aliphatic heterocycles. The highest BCUT2D eigenvalue weighted by atomic mass is 19.1. The molecule has 0 radical (unpaired) electrons. The molecule has 2 aromatic carbocycles. The summed E-state index contributed by atoms with van der Waals surface area (Å²) in [7, 11) is 0. The maximum absolute atomic E-state index is 14.7. The monoisotopic (exact) mass is 383 g/mol. The van der Waals surface area contributed by atoms with Gasteiger partial charge in [-0.15, -0.1) is 0 Å². The number of benzene rings is 2. The fraction of sp³-hybridized carbons (Fsp3) is 0.364. The molecule has 28 heavy (non-hydrogen) atoms. The lowest BCUT2D eigenvalue weighted by Gasteiger charge is -2.19. The Labute approximate surface area is 164 Å². The van der Waals surface area contributed by atoms with Crippen molar-refractivity contribution in [2.75, 3.05) is 17.2 Å². The number of rotatable bonds is 5. The summed E-state index contributed by atoms with van der Waals surface area (Å²) in [6, 6.07) is 8.48. The van der Waals surface area contributed by atoms with E-state index in [-0.39, 0.29) is 29.2 Å². The first-order valence-corrected chi connectivity index (χ1v) is 9.58. The van der Waals surface area contributed by atoms with Crippen LogP contribution in [0.3, 0.4) is 0 Å². The van der Waals surface area contributed by atoms with Crippen LogP contribution in [0.25, 0.3) is 0 Å². The van der Waals surface area contributed by atoms with Crippen LogP contribution in [0.5, 0.6) is 0 Å². The second-order valence-electron chi connectivity index (χ2n) is 7.62. The van der Waals surface area contributed by atoms with E-state index in [9.17, 15) is 14.0 Å². The number of hydrogen-bond donors (Lipinski definition) is 3. The van der Waals surface area contributed by atoms with E-state index in [1.165, 1.54) is 0 Å². The van der Waals surface area contributed by atoms with E-state index in [1.54, 1.807) is 24.3 Å². The molecule has 6 heteroatoms. The first kappa shape index (κ1) is 20.0. The topological polar surface area (TPSA) is 70.2 Å². The molecule has 1 aliphatic rings. The molecule has 0 unspecified atom stereocenters. The molecule has 0 aromatic heterocycles. The zero-order valence-electron chi connectivity index (χ0n) is 16.5. The summed E-state index contributed by atoms with van der Waals surface area (Å²) in [6.45, 7) is 7.16. The Balaban J connectivity index is 1.73. The summed E-state index contributed by atoms with van der Waals surface area (Å²) in [5.41, 5.74) is 3.65. The molecule has 0 aliphatic carbocycles. The van der Waals surface area contributed by atoms with Crippen molar-refractivity contribution in [2.45, 2.75) is 40.2 Å². The molecule has 1 heterocycles. The van der Waals surface area contributed by atoms with Crippen molar-refractivity contribution in [2.24, 2.45) is 5.92 Å². The first-order valence-electron chi connectivity index (χ1n) is 9.58. The van der Waals surface area contributed by atoms with Crippen LogP contribution in [0.1, 0.15) is 47.3 Å². The lowest BCUT2D eigenvalue weighted by atomic mass is 9.99. The summed E-state index contributed by atoms with van der Waals surface area (Å²) in [5, 5.41) is 8.74. The molecule has 5 nitrogen and oxygen atoms in total. The third kappa shape index (κ3) is 4.57. The van der Waals surface area contributed by atoms with Crippen LogP contribution >= 0.6 is 0 Å². The summed E-state index contributed by atoms with van der Waals surface area (Å²) >= 11 is 0. The molecule has 3 N–H and O–H groups in total. The molecular formula is C22H26FN3O2. The number of aryl methyl sites for hydroxylation is 1. The third-order valence-electron chi connectivity index (χ3n) is 4.81. The summed E-state index contributed by atoms with van der Waals surface area (Å²) in [5.74, 6) is -0.522. The van der Waals surface area contributed by atoms with Crippen molar-refractivity contribution in [3.05, 3.63) is 58.4 Å². The number of fused-ring (bicyclic) bond motifs is 1. The highest BCUT2D eigenvalue weighted by molar-refractivity contribution is 6.05. The Morgan fingerprint density at radius 2 is 1.89 bits per heavy atom. The SMILES string of the molecule is Cc1cc(C(=O)Nc2ccc3c(c2F)CCNC3)ccc1NC(=O)CC(C)C. The average molecular weight is 383 g/mol. The van der Waals surface area contributed by atoms with E-state index in [0.717, 1.165) is 17.7 Å². The van der Waals surface area contributed by atoms with E-state index >= 15 is 0 Å². The lowest BCUT2D eigenvalue weighted by molar-refractivity contribution is -0.116. The molecule has 148 valence electrons. The van der Waals surface area contributed by atoms with Crippen LogP contribution < -0.4 is 16.0 Å². The van der Waals surface area contributed by atoms with Crippen LogP contribution in [0, 0.1) is 18.7 Å². The van der Waals surface area contributed by atoms with E-state index in [2.05, 4.69) is 16.0 Å². The van der Waals surface area contributed by atoms with Gasteiger partial charge in [0.15, 0.2) is 0 Å². The first-order chi connectivity index (χ1) is 13.3. The Morgan fingerprint density at radius 1 is 1.14 bits per heavy atom. The highest BCUT2D eigenvalue weighted by Crippen LogP contribution is 2.25. The van der Waals surface area contributed by atoms with Crippen molar-refractivity contribution in [3.8, 4) is 0 Å². The number of halogens is 1. The molecule has 0 spiro atoms. The zero-order valence-corrected chi connectivity index (χ0v) is 16.5. The van der Waals surface area contributed by atoms with E-state index in [4.69, 9.17) is 0 Å². The van der Waals surface area contributed by atoms with Gasteiger partial charge in [0.05, 0.1) is 5.69 Å². The van der Waals surface area contributed by atoms with Gasteiger partial charge in [0, 0.05) is 24.2 Å². The number of hydrogen-bond acceptors (Lipinski definition) is 3. The second kappa shape index (κ2) is 8.52. The van der Waals surface area contributed by atoms with Gasteiger partial charge in [-0.25, -0.2) is 4.39 Å². The molecule has 0 saturated carbocycles. The van der Waals surface area contributed by atoms with Crippen molar-refractivity contribution >= 4 is 23.2 Å². The van der Waals surface area contributed by atoms with Crippen molar-refractivity contribution in [1.29, 1.82) is 0 Å². The summed E-state index contributed by atoms with van der Waals surface area (Å²) in [6.07, 6.45) is 1.05. The van der Waals surface area contributed by atoms with Gasteiger partial charge in [0.25, 0.3) is 5.91 Å². The molecule has 0 atom stereocenters. The average Bonchev–Trinajstić information content (AvgIpc) is 2.65. The Hall–Kier alpha value is -2.73. The molecular weight excluding hydrogens is 357 g/mol. The number of nitrogens with one attached hydrogen (secondary N) is 3. The normalized spacial score (nSPS) is 13.2. The van der Waals surface area contributed by atoms with E-state index in [0.29, 0.717) is 36.2 Å². The minimum absolute atomic E-state index is 0.0547. The maximum atomic E-state index is 14.7. The largest absolute Gasteiger partial charge is 0.326 e. The summed E-state index contributed by atoms with van der Waals surface area (Å²) < 4.78 is 14.7. The van der Waals surface area contributed by atoms with Gasteiger partial charge < -0.3 is 16.0 Å². The quantitative estimate of drug-likeness (QED) is 0.730. The van der Waals surface area contributed by atoms with Crippen LogP contribution in [0.4, 0.5) is 15.8 Å². The van der Waals surface area contributed by atoms with Crippen LogP contribution in [0.15, 0.2) is 30.3 Å². The maximum Gasteiger partial charge on any atom is 0.255 e. The van der Waals surface area contributed by atoms with Crippen LogP contribution in [0.2, 0.25) is 0 Å². The minimum atomic E-state index is -0.379. The Bertz CT molecular complexity index is 909. The van der Waals surface area contributed by atoms with E-state index in [1.807, 2.05) is 26.8 Å². The Morgan fingerprint density at radius 3 is 2.61 bits per heavy atom. The predicted molar refractivity (Wildman–Crippen MR) is 109 cm³/mol. The fourth-order valence-electron chi connectivity index (χ4n) is 3.34. The van der Waals surface area contributed by atoms with Crippen LogP contribution in [-0.4, -0.2) is 18.4 Å². The smallest absolute Gasteiger partial charge is 0.255 e. The highest BCUT2D eigenvalue weighted by Gasteiger charge is 2.18. The van der Waals surface area contributed by atoms with Gasteiger partial charge >= 0.3 is 0 Å². The fourth-order valence-corrected chi connectivity index (χ4v) is 3.34. The Kier molecular flexibility index (Phi) is 6.09. The molecule has 3 rings (SSSR count). The molecule has 0 bridgehead atoms. The van der Waals surface area contributed by atoms with Gasteiger partial charge in [-0.3, -0.25) is 9.59 Å². The van der Waals surface area contributed by atoms with Gasteiger partial charge in [0.1, 0.15) is 5.82 Å². The van der Waals surface area contributed by atoms with Gasteiger partial charge in [0.2, 0.25) is 5.91 Å². The van der Waals surface area contributed by atoms with Gasteiger partial charge in [-0.1, -0.05) is 19.9 Å². The predicted octanol–water partition coefficient (Wildman–Crippen LogP) is 4.02. The second-order valence-corrected chi connectivity index (χ2v) is 7.62. The van der Waals surface area contributed by atoms with Crippen LogP contribution in [-0.2, 0) is 17.8 Å². The van der Waals surface area contributed by atoms with Crippen molar-refractivity contribution in [1.82, 2.24) is 5.32 Å². The molecule has 2 aromatic rings. The van der Waals surface area contributed by atoms with Gasteiger partial charge in [-0.2, -0.15) is 0 Å². The van der Waals surface area contributed by atoms with Gasteiger partial charge in [-0.05, 0) is 66.8 Å². The molecule has 0 saturated heterocycles. The van der Waals surface area contributed by atoms with Crippen molar-refractivity contribution < 1.29 is 14.0 Å². The van der Waals surface area contributed by atoms with E-state index < -0.39 is 0 Å². The number of carbonyl (C=O) groups excluding carboxylic acids is 2. The molecule has 0 fully saturated rings. The molecule has 2 amide bonds. The van der Waals surface area contributed by atoms with Crippen molar-refractivity contribution in [3.63, 3.8) is 0 Å². The number of amides is 2. The minimum Gasteiger partial charge on any atom is -0.326 e. The lowest BCUT2D eigenvalue weighted by Crippen LogP contribution is -2.25. The summed E-state index contributed by atoms with van der Waals surface area (Å²) in [4.78, 5) is 24.5. The zero-order chi connectivity index (χ0) is 20.3. The third-order valence-corrected chi connectivity index (χ3v) is 4.81. The number of anilines is 2.